The maximum Gasteiger partial charge on any atom is 0.0136 e. The fraction of sp³-hybridized carbons (Fsp3) is 0.600. The molecule has 0 radical (unpaired) electrons. The van der Waals surface area contributed by atoms with Crippen molar-refractivity contribution in [3.05, 3.63) is 30.3 Å². The molecule has 2 N–H and O–H groups in total. The van der Waals surface area contributed by atoms with E-state index in [1.54, 1.807) is 0 Å². The third-order valence-corrected chi connectivity index (χ3v) is 4.77. The molecule has 1 aromatic rings. The van der Waals surface area contributed by atoms with E-state index in [9.17, 15) is 0 Å². The summed E-state index contributed by atoms with van der Waals surface area (Å²) in [6, 6.07) is 10.9. The first-order valence-corrected chi connectivity index (χ1v) is 7.76. The van der Waals surface area contributed by atoms with Crippen LogP contribution in [0.5, 0.6) is 0 Å². The van der Waals surface area contributed by atoms with Crippen molar-refractivity contribution in [2.24, 2.45) is 11.7 Å². The van der Waals surface area contributed by atoms with Crippen LogP contribution in [0.15, 0.2) is 35.2 Å². The van der Waals surface area contributed by atoms with E-state index < -0.39 is 0 Å². The molecule has 0 amide bonds. The number of hydrogen-bond donors (Lipinski definition) is 1. The van der Waals surface area contributed by atoms with Crippen molar-refractivity contribution < 1.29 is 0 Å². The van der Waals surface area contributed by atoms with E-state index in [0.29, 0.717) is 6.04 Å². The molecule has 1 fully saturated rings. The molecule has 2 heteroatoms. The quantitative estimate of drug-likeness (QED) is 0.796. The van der Waals surface area contributed by atoms with Gasteiger partial charge in [0, 0.05) is 16.7 Å². The molecular formula is C15H23NS. The number of thioether (sulfide) groups is 1. The molecule has 2 rings (SSSR count). The SMILES string of the molecule is NC(CSc1ccccc1)CC1CCCCC1. The van der Waals surface area contributed by atoms with Gasteiger partial charge in [-0.15, -0.1) is 11.8 Å². The van der Waals surface area contributed by atoms with E-state index in [1.165, 1.54) is 43.4 Å². The largest absolute Gasteiger partial charge is 0.327 e. The summed E-state index contributed by atoms with van der Waals surface area (Å²) in [5.41, 5.74) is 6.23. The average molecular weight is 249 g/mol. The van der Waals surface area contributed by atoms with Crippen LogP contribution in [0.4, 0.5) is 0 Å². The van der Waals surface area contributed by atoms with Crippen LogP contribution in [-0.4, -0.2) is 11.8 Å². The van der Waals surface area contributed by atoms with E-state index in [-0.39, 0.29) is 0 Å². The molecule has 0 bridgehead atoms. The fourth-order valence-corrected chi connectivity index (χ4v) is 3.53. The van der Waals surface area contributed by atoms with E-state index in [0.717, 1.165) is 11.7 Å². The smallest absolute Gasteiger partial charge is 0.0136 e. The summed E-state index contributed by atoms with van der Waals surface area (Å²) < 4.78 is 0. The van der Waals surface area contributed by atoms with Gasteiger partial charge in [-0.3, -0.25) is 0 Å². The van der Waals surface area contributed by atoms with E-state index in [2.05, 4.69) is 30.3 Å². The van der Waals surface area contributed by atoms with Crippen molar-refractivity contribution in [2.75, 3.05) is 5.75 Å². The second-order valence-corrected chi connectivity index (χ2v) is 6.22. The normalized spacial score (nSPS) is 19.1. The Morgan fingerprint density at radius 2 is 1.82 bits per heavy atom. The highest BCUT2D eigenvalue weighted by molar-refractivity contribution is 7.99. The maximum atomic E-state index is 6.23. The Morgan fingerprint density at radius 1 is 1.12 bits per heavy atom. The molecule has 1 aliphatic rings. The summed E-state index contributed by atoms with van der Waals surface area (Å²) in [4.78, 5) is 1.34. The molecule has 94 valence electrons. The van der Waals surface area contributed by atoms with Crippen molar-refractivity contribution in [3.63, 3.8) is 0 Å². The zero-order valence-corrected chi connectivity index (χ0v) is 11.3. The zero-order valence-electron chi connectivity index (χ0n) is 10.5. The number of benzene rings is 1. The van der Waals surface area contributed by atoms with Crippen LogP contribution >= 0.6 is 11.8 Å². The summed E-state index contributed by atoms with van der Waals surface area (Å²) in [5.74, 6) is 1.95. The molecule has 1 aliphatic carbocycles. The van der Waals surface area contributed by atoms with Gasteiger partial charge in [-0.2, -0.15) is 0 Å². The summed E-state index contributed by atoms with van der Waals surface area (Å²) in [6.45, 7) is 0. The van der Waals surface area contributed by atoms with Crippen LogP contribution in [0.25, 0.3) is 0 Å². The molecule has 0 saturated heterocycles. The predicted octanol–water partition coefficient (Wildman–Crippen LogP) is 4.08. The Labute approximate surface area is 109 Å². The second kappa shape index (κ2) is 7.07. The third-order valence-electron chi connectivity index (χ3n) is 3.57. The average Bonchev–Trinajstić information content (AvgIpc) is 2.39. The third kappa shape index (κ3) is 4.72. The summed E-state index contributed by atoms with van der Waals surface area (Å²) >= 11 is 1.89. The highest BCUT2D eigenvalue weighted by Crippen LogP contribution is 2.28. The second-order valence-electron chi connectivity index (χ2n) is 5.12. The first kappa shape index (κ1) is 13.0. The van der Waals surface area contributed by atoms with E-state index >= 15 is 0 Å². The van der Waals surface area contributed by atoms with Gasteiger partial charge in [0.25, 0.3) is 0 Å². The monoisotopic (exact) mass is 249 g/mol. The molecule has 0 aliphatic heterocycles. The molecule has 1 atom stereocenters. The minimum absolute atomic E-state index is 0.364. The molecule has 1 saturated carbocycles. The Morgan fingerprint density at radius 3 is 2.53 bits per heavy atom. The van der Waals surface area contributed by atoms with Gasteiger partial charge in [0.05, 0.1) is 0 Å². The lowest BCUT2D eigenvalue weighted by Crippen LogP contribution is -2.27. The number of hydrogen-bond acceptors (Lipinski definition) is 2. The fourth-order valence-electron chi connectivity index (χ4n) is 2.64. The summed E-state index contributed by atoms with van der Waals surface area (Å²) in [7, 11) is 0. The molecule has 0 heterocycles. The predicted molar refractivity (Wildman–Crippen MR) is 76.3 cm³/mol. The summed E-state index contributed by atoms with van der Waals surface area (Å²) in [5, 5.41) is 0. The molecule has 17 heavy (non-hydrogen) atoms. The van der Waals surface area contributed by atoms with Gasteiger partial charge in [0.1, 0.15) is 0 Å². The highest BCUT2D eigenvalue weighted by atomic mass is 32.2. The molecular weight excluding hydrogens is 226 g/mol. The first-order valence-electron chi connectivity index (χ1n) is 6.78. The van der Waals surface area contributed by atoms with Gasteiger partial charge in [-0.25, -0.2) is 0 Å². The Hall–Kier alpha value is -0.470. The van der Waals surface area contributed by atoms with Crippen molar-refractivity contribution in [1.82, 2.24) is 0 Å². The van der Waals surface area contributed by atoms with Crippen molar-refractivity contribution in [2.45, 2.75) is 49.5 Å². The van der Waals surface area contributed by atoms with Crippen LogP contribution in [-0.2, 0) is 0 Å². The van der Waals surface area contributed by atoms with E-state index in [4.69, 9.17) is 5.73 Å². The highest BCUT2D eigenvalue weighted by Gasteiger charge is 2.16. The number of nitrogens with two attached hydrogens (primary N) is 1. The molecule has 1 nitrogen and oxygen atoms in total. The van der Waals surface area contributed by atoms with Gasteiger partial charge in [0.15, 0.2) is 0 Å². The Balaban J connectivity index is 1.68. The topological polar surface area (TPSA) is 26.0 Å². The Kier molecular flexibility index (Phi) is 5.40. The van der Waals surface area contributed by atoms with Crippen molar-refractivity contribution >= 4 is 11.8 Å². The van der Waals surface area contributed by atoms with Gasteiger partial charge < -0.3 is 5.73 Å². The molecule has 0 spiro atoms. The van der Waals surface area contributed by atoms with Gasteiger partial charge in [-0.05, 0) is 24.5 Å². The first-order chi connectivity index (χ1) is 8.34. The molecule has 1 unspecified atom stereocenters. The zero-order chi connectivity index (χ0) is 11.9. The lowest BCUT2D eigenvalue weighted by molar-refractivity contribution is 0.324. The minimum Gasteiger partial charge on any atom is -0.327 e. The van der Waals surface area contributed by atoms with Gasteiger partial charge >= 0.3 is 0 Å². The van der Waals surface area contributed by atoms with Crippen LogP contribution in [0.3, 0.4) is 0 Å². The van der Waals surface area contributed by atoms with Crippen LogP contribution < -0.4 is 5.73 Å². The van der Waals surface area contributed by atoms with Crippen LogP contribution in [0.1, 0.15) is 38.5 Å². The molecule has 0 aromatic heterocycles. The van der Waals surface area contributed by atoms with Crippen molar-refractivity contribution in [3.8, 4) is 0 Å². The van der Waals surface area contributed by atoms with Crippen LogP contribution in [0, 0.1) is 5.92 Å². The minimum atomic E-state index is 0.364. The van der Waals surface area contributed by atoms with Gasteiger partial charge in [0.2, 0.25) is 0 Å². The van der Waals surface area contributed by atoms with Crippen LogP contribution in [0.2, 0.25) is 0 Å². The standard InChI is InChI=1S/C15H23NS/c16-14(11-13-7-3-1-4-8-13)12-17-15-9-5-2-6-10-15/h2,5-6,9-10,13-14H,1,3-4,7-8,11-12,16H2. The summed E-state index contributed by atoms with van der Waals surface area (Å²) in [6.07, 6.45) is 8.31. The molecule has 1 aromatic carbocycles. The Bertz CT molecular complexity index is 306. The number of rotatable bonds is 5. The maximum absolute atomic E-state index is 6.23. The van der Waals surface area contributed by atoms with Gasteiger partial charge in [-0.1, -0.05) is 50.3 Å². The lowest BCUT2D eigenvalue weighted by atomic mass is 9.85. The lowest BCUT2D eigenvalue weighted by Gasteiger charge is -2.24. The van der Waals surface area contributed by atoms with Crippen molar-refractivity contribution in [1.29, 1.82) is 0 Å². The van der Waals surface area contributed by atoms with E-state index in [1.807, 2.05) is 11.8 Å².